The molecule has 0 bridgehead atoms. The van der Waals surface area contributed by atoms with Crippen molar-refractivity contribution in [1.29, 1.82) is 0 Å². The Morgan fingerprint density at radius 3 is 1.44 bits per heavy atom. The van der Waals surface area contributed by atoms with Gasteiger partial charge in [-0.05, 0) is 150 Å². The lowest BCUT2D eigenvalue weighted by molar-refractivity contribution is 0.585. The monoisotopic (exact) mass is 820 g/mol. The van der Waals surface area contributed by atoms with Gasteiger partial charge in [0.05, 0.1) is 16.6 Å². The lowest BCUT2D eigenvalue weighted by Crippen LogP contribution is -2.23. The van der Waals surface area contributed by atoms with E-state index in [1.807, 2.05) is 0 Å². The van der Waals surface area contributed by atoms with Crippen LogP contribution in [0.1, 0.15) is 73.6 Å². The highest BCUT2D eigenvalue weighted by Gasteiger charge is 2.42. The molecule has 0 saturated carbocycles. The minimum Gasteiger partial charge on any atom is -0.354 e. The van der Waals surface area contributed by atoms with Gasteiger partial charge in [-0.15, -0.1) is 0 Å². The Morgan fingerprint density at radius 2 is 0.844 bits per heavy atom. The van der Waals surface area contributed by atoms with Gasteiger partial charge in [0, 0.05) is 32.7 Å². The maximum atomic E-state index is 4.04. The number of aromatic nitrogens is 2. The fourth-order valence-corrected chi connectivity index (χ4v) is 11.9. The third-order valence-electron chi connectivity index (χ3n) is 15.4. The van der Waals surface area contributed by atoms with E-state index in [2.05, 4.69) is 225 Å². The van der Waals surface area contributed by atoms with Crippen LogP contribution in [0.25, 0.3) is 105 Å². The van der Waals surface area contributed by atoms with Crippen LogP contribution in [0.2, 0.25) is 0 Å². The molecule has 2 nitrogen and oxygen atoms in total. The fraction of sp³-hybridized carbons (Fsp3) is 0.129. The van der Waals surface area contributed by atoms with Crippen LogP contribution in [0.15, 0.2) is 188 Å². The molecule has 2 aromatic heterocycles. The number of hydrogen-bond donors (Lipinski definition) is 1. The van der Waals surface area contributed by atoms with Gasteiger partial charge in [-0.3, -0.25) is 0 Å². The van der Waals surface area contributed by atoms with Crippen molar-refractivity contribution in [2.45, 2.75) is 51.4 Å². The molecule has 0 aliphatic heterocycles. The van der Waals surface area contributed by atoms with Crippen molar-refractivity contribution < 1.29 is 0 Å². The summed E-state index contributed by atoms with van der Waals surface area (Å²) in [6.07, 6.45) is 0. The van der Waals surface area contributed by atoms with Crippen LogP contribution < -0.4 is 0 Å². The molecule has 0 fully saturated rings. The second kappa shape index (κ2) is 14.0. The molecule has 2 heteroatoms. The molecule has 11 aromatic rings. The first-order valence-electron chi connectivity index (χ1n) is 23.1. The summed E-state index contributed by atoms with van der Waals surface area (Å²) in [5.41, 5.74) is 25.2. The van der Waals surface area contributed by atoms with Crippen LogP contribution in [-0.4, -0.2) is 9.55 Å². The third kappa shape index (κ3) is 5.26. The minimum atomic E-state index is 0.291. The summed E-state index contributed by atoms with van der Waals surface area (Å²) in [5.74, 6) is 1.24. The van der Waals surface area contributed by atoms with Crippen LogP contribution >= 0.6 is 0 Å². The number of benzene rings is 9. The van der Waals surface area contributed by atoms with Gasteiger partial charge >= 0.3 is 0 Å². The second-order valence-electron chi connectivity index (χ2n) is 18.6. The first-order chi connectivity index (χ1) is 31.4. The zero-order valence-electron chi connectivity index (χ0n) is 36.7. The summed E-state index contributed by atoms with van der Waals surface area (Å²) in [4.78, 5) is 4.04. The summed E-state index contributed by atoms with van der Waals surface area (Å²) in [6.45, 7) is 9.95. The zero-order valence-corrected chi connectivity index (χ0v) is 36.7. The second-order valence-corrected chi connectivity index (χ2v) is 18.6. The molecule has 4 atom stereocenters. The number of para-hydroxylation sites is 1. The number of nitrogens with zero attached hydrogens (tertiary/aromatic N) is 1. The van der Waals surface area contributed by atoms with Gasteiger partial charge in [0.1, 0.15) is 0 Å². The van der Waals surface area contributed by atoms with Crippen molar-refractivity contribution in [2.75, 3.05) is 0 Å². The zero-order chi connectivity index (χ0) is 42.8. The van der Waals surface area contributed by atoms with Crippen LogP contribution in [0.5, 0.6) is 0 Å². The quantitative estimate of drug-likeness (QED) is 0.179. The molecular formula is C62H48N2. The Labute approximate surface area is 374 Å². The molecule has 64 heavy (non-hydrogen) atoms. The van der Waals surface area contributed by atoms with Gasteiger partial charge in [-0.1, -0.05) is 167 Å². The van der Waals surface area contributed by atoms with E-state index >= 15 is 0 Å². The smallest absolute Gasteiger partial charge is 0.0582 e. The van der Waals surface area contributed by atoms with Gasteiger partial charge in [-0.25, -0.2) is 0 Å². The Bertz CT molecular complexity index is 3660. The lowest BCUT2D eigenvalue weighted by Gasteiger charge is -2.41. The van der Waals surface area contributed by atoms with Crippen molar-refractivity contribution in [2.24, 2.45) is 0 Å². The summed E-state index contributed by atoms with van der Waals surface area (Å²) >= 11 is 0. The molecule has 9 aromatic carbocycles. The van der Waals surface area contributed by atoms with E-state index < -0.39 is 0 Å². The number of nitrogens with one attached hydrogen (secondary N) is 1. The standard InChI is InChI=1S/C62H48N2/c1-36-38(3)57-59-49(34-53-51-32-42(28-30-55(51)63-61(53)57)47-26-16-14-24-45(47)40-18-8-5-9-19-40)37(2)39(4)58-60(59)50(36)35-54-52-33-43(48-27-17-15-25-46(48)41-20-10-6-11-21-41)29-31-56(52)64(62(54)58)44-22-12-7-13-23-44/h5-39,63H,1-4H3. The summed E-state index contributed by atoms with van der Waals surface area (Å²) in [6, 6.07) is 69.8. The third-order valence-corrected chi connectivity index (χ3v) is 15.4. The van der Waals surface area contributed by atoms with Crippen LogP contribution in [-0.2, 0) is 0 Å². The Kier molecular flexibility index (Phi) is 8.15. The Morgan fingerprint density at radius 1 is 0.375 bits per heavy atom. The normalized spacial score (nSPS) is 17.7. The summed E-state index contributed by atoms with van der Waals surface area (Å²) in [7, 11) is 0. The molecule has 2 aliphatic carbocycles. The Balaban J connectivity index is 1.07. The molecule has 0 saturated heterocycles. The molecule has 2 aliphatic rings. The first kappa shape index (κ1) is 37.2. The van der Waals surface area contributed by atoms with Crippen molar-refractivity contribution in [1.82, 2.24) is 9.55 Å². The van der Waals surface area contributed by atoms with Crippen molar-refractivity contribution in [3.05, 3.63) is 210 Å². The maximum absolute atomic E-state index is 4.04. The predicted molar refractivity (Wildman–Crippen MR) is 271 cm³/mol. The van der Waals surface area contributed by atoms with Gasteiger partial charge in [0.15, 0.2) is 0 Å². The highest BCUT2D eigenvalue weighted by atomic mass is 15.0. The van der Waals surface area contributed by atoms with E-state index in [4.69, 9.17) is 0 Å². The van der Waals surface area contributed by atoms with Crippen molar-refractivity contribution >= 4 is 43.6 Å². The minimum absolute atomic E-state index is 0.291. The van der Waals surface area contributed by atoms with Gasteiger partial charge < -0.3 is 9.55 Å². The highest BCUT2D eigenvalue weighted by molar-refractivity contribution is 6.17. The van der Waals surface area contributed by atoms with E-state index in [0.717, 1.165) is 0 Å². The van der Waals surface area contributed by atoms with Gasteiger partial charge in [0.2, 0.25) is 0 Å². The lowest BCUT2D eigenvalue weighted by atomic mass is 9.62. The van der Waals surface area contributed by atoms with E-state index in [0.29, 0.717) is 23.7 Å². The van der Waals surface area contributed by atoms with Crippen LogP contribution in [0, 0.1) is 0 Å². The summed E-state index contributed by atoms with van der Waals surface area (Å²) in [5, 5.41) is 5.31. The SMILES string of the molecule is CC1c2cc3c4cc(-c5ccccc5-c5ccccc5)ccc4n(-c4ccccc4)c3c3c2-c2c(cc4c([nH]c5ccc(-c6ccccc6-c6ccccc6)cc54)c2C1C)C(C)C3C. The highest BCUT2D eigenvalue weighted by Crippen LogP contribution is 2.61. The van der Waals surface area contributed by atoms with Crippen molar-refractivity contribution in [3.8, 4) is 61.3 Å². The number of fused-ring (bicyclic) bond motifs is 8. The molecule has 2 heterocycles. The Hall–Kier alpha value is -7.42. The van der Waals surface area contributed by atoms with Crippen molar-refractivity contribution in [3.63, 3.8) is 0 Å². The number of aromatic amines is 1. The predicted octanol–water partition coefficient (Wildman–Crippen LogP) is 17.2. The van der Waals surface area contributed by atoms with E-state index in [9.17, 15) is 0 Å². The average Bonchev–Trinajstić information content (AvgIpc) is 3.89. The number of rotatable bonds is 5. The molecule has 13 rings (SSSR count). The number of hydrogen-bond acceptors (Lipinski definition) is 0. The largest absolute Gasteiger partial charge is 0.354 e. The average molecular weight is 821 g/mol. The molecule has 0 spiro atoms. The van der Waals surface area contributed by atoms with Gasteiger partial charge in [-0.2, -0.15) is 0 Å². The topological polar surface area (TPSA) is 20.7 Å². The molecule has 0 radical (unpaired) electrons. The van der Waals surface area contributed by atoms with Crippen LogP contribution in [0.3, 0.4) is 0 Å². The summed E-state index contributed by atoms with van der Waals surface area (Å²) < 4.78 is 2.58. The van der Waals surface area contributed by atoms with E-state index in [-0.39, 0.29) is 0 Å². The van der Waals surface area contributed by atoms with E-state index in [1.165, 1.54) is 127 Å². The molecule has 0 amide bonds. The fourth-order valence-electron chi connectivity index (χ4n) is 11.9. The molecule has 4 unspecified atom stereocenters. The maximum Gasteiger partial charge on any atom is 0.0582 e. The molecular weight excluding hydrogens is 773 g/mol. The molecule has 306 valence electrons. The van der Waals surface area contributed by atoms with E-state index in [1.54, 1.807) is 0 Å². The van der Waals surface area contributed by atoms with Gasteiger partial charge in [0.25, 0.3) is 0 Å². The molecule has 1 N–H and O–H groups in total. The first-order valence-corrected chi connectivity index (χ1v) is 23.1. The van der Waals surface area contributed by atoms with Crippen LogP contribution in [0.4, 0.5) is 0 Å². The number of H-pyrrole nitrogens is 1.